The van der Waals surface area contributed by atoms with Gasteiger partial charge in [-0.2, -0.15) is 11.8 Å². The first-order chi connectivity index (χ1) is 8.31. The Balaban J connectivity index is 1.92. The Hall–Kier alpha value is -0.470. The highest BCUT2D eigenvalue weighted by Gasteiger charge is 2.24. The normalized spacial score (nSPS) is 23.4. The fraction of sp³-hybridized carbons (Fsp3) is 0.538. The van der Waals surface area contributed by atoms with E-state index in [0.29, 0.717) is 17.9 Å². The molecule has 2 atom stereocenters. The molecule has 0 aromatic carbocycles. The van der Waals surface area contributed by atoms with Crippen LogP contribution in [-0.4, -0.2) is 24.5 Å². The first kappa shape index (κ1) is 13.0. The first-order valence-corrected chi connectivity index (χ1v) is 7.72. The zero-order valence-electron chi connectivity index (χ0n) is 9.94. The Bertz CT molecular complexity index is 419. The predicted octanol–water partition coefficient (Wildman–Crippen LogP) is 2.47. The molecule has 17 heavy (non-hydrogen) atoms. The van der Waals surface area contributed by atoms with Crippen LogP contribution in [0.15, 0.2) is 11.4 Å². The van der Waals surface area contributed by atoms with Crippen LogP contribution in [0.25, 0.3) is 0 Å². The average molecular weight is 267 g/mol. The summed E-state index contributed by atoms with van der Waals surface area (Å²) in [6, 6.07) is 2.08. The lowest BCUT2D eigenvalue weighted by Gasteiger charge is -2.12. The molecule has 2 N–H and O–H groups in total. The second-order valence-electron chi connectivity index (χ2n) is 3.98. The molecule has 0 amide bonds. The van der Waals surface area contributed by atoms with Crippen molar-refractivity contribution in [3.8, 4) is 11.8 Å². The number of rotatable bonds is 3. The van der Waals surface area contributed by atoms with Crippen molar-refractivity contribution in [1.82, 2.24) is 0 Å². The average Bonchev–Trinajstić information content (AvgIpc) is 2.93. The van der Waals surface area contributed by atoms with Crippen molar-refractivity contribution in [1.29, 1.82) is 0 Å². The van der Waals surface area contributed by atoms with Gasteiger partial charge in [0.2, 0.25) is 0 Å². The molecule has 2 nitrogen and oxygen atoms in total. The van der Waals surface area contributed by atoms with Gasteiger partial charge in [-0.05, 0) is 24.8 Å². The highest BCUT2D eigenvalue weighted by Crippen LogP contribution is 2.31. The quantitative estimate of drug-likeness (QED) is 0.855. The van der Waals surface area contributed by atoms with E-state index in [0.717, 1.165) is 17.9 Å². The standard InChI is InChI=1S/C13H17NOS2/c1-10-12(4-7-15-10)17-9-13-11(3-2-6-14)5-8-16-13/h5,8,10,12H,4,6-7,9,14H2,1H3. The summed E-state index contributed by atoms with van der Waals surface area (Å²) in [6.45, 7) is 3.49. The number of thiophene rings is 1. The van der Waals surface area contributed by atoms with Gasteiger partial charge in [0.05, 0.1) is 12.6 Å². The molecule has 0 aliphatic carbocycles. The third-order valence-corrected chi connectivity index (χ3v) is 5.41. The number of ether oxygens (including phenoxy) is 1. The summed E-state index contributed by atoms with van der Waals surface area (Å²) in [7, 11) is 0. The van der Waals surface area contributed by atoms with E-state index in [2.05, 4.69) is 30.2 Å². The van der Waals surface area contributed by atoms with Crippen molar-refractivity contribution in [2.75, 3.05) is 13.2 Å². The number of thioether (sulfide) groups is 1. The van der Waals surface area contributed by atoms with E-state index in [-0.39, 0.29) is 0 Å². The van der Waals surface area contributed by atoms with E-state index >= 15 is 0 Å². The minimum absolute atomic E-state index is 0.388. The highest BCUT2D eigenvalue weighted by atomic mass is 32.2. The molecule has 0 saturated carbocycles. The molecule has 1 fully saturated rings. The highest BCUT2D eigenvalue weighted by molar-refractivity contribution is 7.99. The molecule has 1 aliphatic heterocycles. The number of nitrogens with two attached hydrogens (primary N) is 1. The van der Waals surface area contributed by atoms with Crippen molar-refractivity contribution < 1.29 is 4.74 Å². The smallest absolute Gasteiger partial charge is 0.0666 e. The van der Waals surface area contributed by atoms with Gasteiger partial charge in [0.15, 0.2) is 0 Å². The molecule has 0 spiro atoms. The first-order valence-electron chi connectivity index (χ1n) is 5.79. The van der Waals surface area contributed by atoms with Crippen LogP contribution in [0.4, 0.5) is 0 Å². The monoisotopic (exact) mass is 267 g/mol. The molecule has 2 rings (SSSR count). The second-order valence-corrected chi connectivity index (χ2v) is 6.21. The van der Waals surface area contributed by atoms with Crippen molar-refractivity contribution in [2.45, 2.75) is 30.5 Å². The molecular weight excluding hydrogens is 250 g/mol. The SMILES string of the molecule is CC1OCCC1SCc1sccc1C#CCN. The van der Waals surface area contributed by atoms with Gasteiger partial charge >= 0.3 is 0 Å². The Labute approximate surface area is 111 Å². The van der Waals surface area contributed by atoms with Crippen molar-refractivity contribution in [2.24, 2.45) is 5.73 Å². The fourth-order valence-electron chi connectivity index (χ4n) is 1.82. The summed E-state index contributed by atoms with van der Waals surface area (Å²) in [6.07, 6.45) is 1.56. The van der Waals surface area contributed by atoms with Gasteiger partial charge in [0.1, 0.15) is 0 Å². The van der Waals surface area contributed by atoms with E-state index in [1.807, 2.05) is 11.8 Å². The van der Waals surface area contributed by atoms with Crippen LogP contribution in [0, 0.1) is 11.8 Å². The second kappa shape index (κ2) is 6.46. The summed E-state index contributed by atoms with van der Waals surface area (Å²) < 4.78 is 5.57. The van der Waals surface area contributed by atoms with E-state index in [1.165, 1.54) is 11.3 Å². The molecule has 4 heteroatoms. The number of hydrogen-bond acceptors (Lipinski definition) is 4. The molecule has 1 aromatic rings. The maximum atomic E-state index is 5.57. The van der Waals surface area contributed by atoms with Crippen LogP contribution in [0.5, 0.6) is 0 Å². The van der Waals surface area contributed by atoms with Gasteiger partial charge in [-0.3, -0.25) is 0 Å². The Morgan fingerprint density at radius 3 is 3.24 bits per heavy atom. The summed E-state index contributed by atoms with van der Waals surface area (Å²) in [5.74, 6) is 7.08. The summed E-state index contributed by atoms with van der Waals surface area (Å²) in [5.41, 5.74) is 6.53. The van der Waals surface area contributed by atoms with E-state index in [4.69, 9.17) is 10.5 Å². The lowest BCUT2D eigenvalue weighted by Crippen LogP contribution is -2.13. The summed E-state index contributed by atoms with van der Waals surface area (Å²) in [4.78, 5) is 1.36. The van der Waals surface area contributed by atoms with Gasteiger partial charge in [0, 0.05) is 28.1 Å². The minimum Gasteiger partial charge on any atom is -0.377 e. The topological polar surface area (TPSA) is 35.2 Å². The molecule has 0 radical (unpaired) electrons. The molecule has 1 aliphatic rings. The Morgan fingerprint density at radius 2 is 2.53 bits per heavy atom. The van der Waals surface area contributed by atoms with Gasteiger partial charge in [0.25, 0.3) is 0 Å². The van der Waals surface area contributed by atoms with Gasteiger partial charge in [-0.1, -0.05) is 11.8 Å². The van der Waals surface area contributed by atoms with Crippen molar-refractivity contribution in [3.05, 3.63) is 21.9 Å². The summed E-state index contributed by atoms with van der Waals surface area (Å²) >= 11 is 3.76. The Morgan fingerprint density at radius 1 is 1.65 bits per heavy atom. The predicted molar refractivity (Wildman–Crippen MR) is 75.4 cm³/mol. The third-order valence-electron chi connectivity index (χ3n) is 2.81. The van der Waals surface area contributed by atoms with Crippen LogP contribution in [0.2, 0.25) is 0 Å². The fourth-order valence-corrected chi connectivity index (χ4v) is 4.05. The molecule has 1 aromatic heterocycles. The lowest BCUT2D eigenvalue weighted by molar-refractivity contribution is 0.127. The van der Waals surface area contributed by atoms with Crippen molar-refractivity contribution >= 4 is 23.1 Å². The maximum absolute atomic E-state index is 5.57. The van der Waals surface area contributed by atoms with Crippen LogP contribution >= 0.6 is 23.1 Å². The van der Waals surface area contributed by atoms with Crippen LogP contribution < -0.4 is 5.73 Å². The number of hydrogen-bond donors (Lipinski definition) is 1. The zero-order valence-corrected chi connectivity index (χ0v) is 11.6. The van der Waals surface area contributed by atoms with Gasteiger partial charge < -0.3 is 10.5 Å². The molecule has 92 valence electrons. The zero-order chi connectivity index (χ0) is 12.1. The minimum atomic E-state index is 0.388. The van der Waals surface area contributed by atoms with Crippen LogP contribution in [0.1, 0.15) is 23.8 Å². The van der Waals surface area contributed by atoms with Crippen LogP contribution in [0.3, 0.4) is 0 Å². The largest absolute Gasteiger partial charge is 0.377 e. The van der Waals surface area contributed by atoms with Gasteiger partial charge in [-0.15, -0.1) is 11.3 Å². The molecular formula is C13H17NOS2. The molecule has 2 heterocycles. The maximum Gasteiger partial charge on any atom is 0.0666 e. The van der Waals surface area contributed by atoms with Gasteiger partial charge in [-0.25, -0.2) is 0 Å². The van der Waals surface area contributed by atoms with Crippen LogP contribution in [-0.2, 0) is 10.5 Å². The summed E-state index contributed by atoms with van der Waals surface area (Å²) in [5, 5.41) is 2.73. The van der Waals surface area contributed by atoms with E-state index in [9.17, 15) is 0 Å². The molecule has 0 bridgehead atoms. The Kier molecular flexibility index (Phi) is 4.93. The van der Waals surface area contributed by atoms with E-state index < -0.39 is 0 Å². The third kappa shape index (κ3) is 3.49. The molecule has 2 unspecified atom stereocenters. The van der Waals surface area contributed by atoms with E-state index in [1.54, 1.807) is 11.3 Å². The van der Waals surface area contributed by atoms with Crippen molar-refractivity contribution in [3.63, 3.8) is 0 Å². The lowest BCUT2D eigenvalue weighted by atomic mass is 10.2. The molecule has 1 saturated heterocycles.